The molecule has 0 radical (unpaired) electrons. The molecule has 0 amide bonds. The lowest BCUT2D eigenvalue weighted by Crippen LogP contribution is -2.33. The van der Waals surface area contributed by atoms with Crippen molar-refractivity contribution in [1.29, 1.82) is 0 Å². The summed E-state index contributed by atoms with van der Waals surface area (Å²) < 4.78 is 79.2. The SMILES string of the molecule is [C-]#[N+]c1cc(-c2nc(-c3cccc4c3CC[C@@H]4NS(=O)(=O)CC(=O)OC)ns2)ccc1OC(C)C.[C-]#[N+]c1cc(-c2nc(-c3cccc4c3CC[C@@H]4NS(=O)(=O)CCO)ns2)ccc1OC(C)C. The molecule has 2 aromatic heterocycles. The van der Waals surface area contributed by atoms with Gasteiger partial charge in [0.15, 0.2) is 17.4 Å². The van der Waals surface area contributed by atoms with Gasteiger partial charge in [0.25, 0.3) is 0 Å². The summed E-state index contributed by atoms with van der Waals surface area (Å²) in [5.74, 6) is 0.357. The quantitative estimate of drug-likeness (QED) is 0.0614. The molecule has 68 heavy (non-hydrogen) atoms. The third-order valence-electron chi connectivity index (χ3n) is 10.8. The van der Waals surface area contributed by atoms with Gasteiger partial charge in [-0.05, 0) is 123 Å². The molecule has 0 unspecified atom stereocenters. The number of aromatic nitrogens is 4. The minimum Gasteiger partial charge on any atom is -0.502 e. The molecule has 2 aliphatic rings. The van der Waals surface area contributed by atoms with Crippen LogP contribution in [0.5, 0.6) is 11.5 Å². The summed E-state index contributed by atoms with van der Waals surface area (Å²) in [5, 5.41) is 10.4. The van der Waals surface area contributed by atoms with E-state index in [0.29, 0.717) is 70.2 Å². The Labute approximate surface area is 403 Å². The van der Waals surface area contributed by atoms with E-state index < -0.39 is 44.4 Å². The second-order valence-corrected chi connectivity index (χ2v) is 21.4. The number of benzene rings is 4. The molecule has 6 aromatic rings. The summed E-state index contributed by atoms with van der Waals surface area (Å²) in [5.41, 5.74) is 7.89. The van der Waals surface area contributed by atoms with Crippen molar-refractivity contribution in [2.45, 2.75) is 77.7 Å². The smallest absolute Gasteiger partial charge is 0.322 e. The highest BCUT2D eigenvalue weighted by Crippen LogP contribution is 2.42. The number of ether oxygens (including phenoxy) is 3. The Morgan fingerprint density at radius 2 is 1.19 bits per heavy atom. The standard InChI is InChI=1S/C24H24N4O5S2.C23H24N4O4S2/c1-14(2)33-21-11-8-15(12-20(21)25-3)24-26-23(27-34-24)18-7-5-6-17-16(18)9-10-19(17)28-35(30,31)13-22(29)32-4;1-14(2)31-21-10-7-15(13-20(21)24-3)23-25-22(26-32-23)18-6-4-5-17-16(18)8-9-19(17)27-33(29,30)12-11-28/h5-8,11-12,14,19,28H,9-10,13H2,1-2,4H3;4-7,10,13-14,19,27-28H,8-9,11-12H2,1-2H3/t2*19-/m00/s1. The van der Waals surface area contributed by atoms with Crippen molar-refractivity contribution < 1.29 is 40.9 Å². The number of rotatable bonds is 16. The van der Waals surface area contributed by atoms with Gasteiger partial charge < -0.3 is 19.3 Å². The number of aliphatic hydroxyl groups excluding tert-OH is 1. The summed E-state index contributed by atoms with van der Waals surface area (Å²) >= 11 is 2.49. The molecule has 21 heteroatoms. The number of fused-ring (bicyclic) bond motifs is 2. The molecule has 2 heterocycles. The number of methoxy groups -OCH3 is 1. The molecule has 0 spiro atoms. The molecule has 0 aliphatic heterocycles. The van der Waals surface area contributed by atoms with Gasteiger partial charge in [0.2, 0.25) is 31.4 Å². The first-order valence-corrected chi connectivity index (χ1v) is 26.3. The first-order chi connectivity index (χ1) is 32.5. The maximum atomic E-state index is 12.4. The van der Waals surface area contributed by atoms with Gasteiger partial charge in [-0.3, -0.25) is 4.79 Å². The number of esters is 1. The largest absolute Gasteiger partial charge is 0.502 e. The summed E-state index contributed by atoms with van der Waals surface area (Å²) in [7, 11) is -6.23. The van der Waals surface area contributed by atoms with Gasteiger partial charge in [0.1, 0.15) is 21.5 Å². The zero-order valence-corrected chi connectivity index (χ0v) is 41.0. The highest BCUT2D eigenvalue weighted by molar-refractivity contribution is 7.90. The Kier molecular flexibility index (Phi) is 15.7. The van der Waals surface area contributed by atoms with Crippen LogP contribution in [-0.2, 0) is 42.4 Å². The van der Waals surface area contributed by atoms with Crippen molar-refractivity contribution in [2.24, 2.45) is 0 Å². The normalized spacial score (nSPS) is 15.2. The van der Waals surface area contributed by atoms with Crippen LogP contribution in [0.3, 0.4) is 0 Å². The minimum absolute atomic E-state index is 0.0263. The number of aliphatic hydroxyl groups is 1. The molecule has 2 atom stereocenters. The molecule has 3 N–H and O–H groups in total. The van der Waals surface area contributed by atoms with Crippen LogP contribution in [0.4, 0.5) is 11.4 Å². The third kappa shape index (κ3) is 11.7. The van der Waals surface area contributed by atoms with Gasteiger partial charge in [-0.2, -0.15) is 8.75 Å². The Morgan fingerprint density at radius 1 is 0.735 bits per heavy atom. The van der Waals surface area contributed by atoms with Gasteiger partial charge in [-0.25, -0.2) is 45.9 Å². The molecule has 0 fully saturated rings. The first kappa shape index (κ1) is 49.7. The maximum Gasteiger partial charge on any atom is 0.322 e. The van der Waals surface area contributed by atoms with E-state index in [2.05, 4.69) is 32.6 Å². The lowest BCUT2D eigenvalue weighted by atomic mass is 10.0. The lowest BCUT2D eigenvalue weighted by Gasteiger charge is -2.14. The van der Waals surface area contributed by atoms with Crippen LogP contribution in [0.25, 0.3) is 53.6 Å². The summed E-state index contributed by atoms with van der Waals surface area (Å²) in [4.78, 5) is 28.0. The molecule has 4 aromatic carbocycles. The highest BCUT2D eigenvalue weighted by atomic mass is 32.2. The number of carbonyl (C=O) groups excluding carboxylic acids is 1. The van der Waals surface area contributed by atoms with E-state index >= 15 is 0 Å². The van der Waals surface area contributed by atoms with E-state index in [1.54, 1.807) is 24.3 Å². The average molecular weight is 997 g/mol. The molecule has 2 aliphatic carbocycles. The Hall–Kier alpha value is -6.17. The van der Waals surface area contributed by atoms with Crippen molar-refractivity contribution >= 4 is 60.5 Å². The van der Waals surface area contributed by atoms with Gasteiger partial charge in [-0.1, -0.05) is 48.5 Å². The zero-order valence-electron chi connectivity index (χ0n) is 37.7. The van der Waals surface area contributed by atoms with Gasteiger partial charge in [0.05, 0.1) is 44.8 Å². The second kappa shape index (κ2) is 21.4. The average Bonchev–Trinajstić information content (AvgIpc) is 4.14. The summed E-state index contributed by atoms with van der Waals surface area (Å²) in [6.07, 6.45) is 2.49. The molecular weight excluding hydrogens is 949 g/mol. The molecule has 17 nitrogen and oxygen atoms in total. The number of nitrogens with one attached hydrogen (secondary N) is 2. The van der Waals surface area contributed by atoms with E-state index in [9.17, 15) is 21.6 Å². The van der Waals surface area contributed by atoms with Crippen LogP contribution in [0, 0.1) is 13.1 Å². The molecule has 0 saturated heterocycles. The van der Waals surface area contributed by atoms with Crippen LogP contribution >= 0.6 is 23.1 Å². The molecular formula is C47H48N8O9S4. The van der Waals surface area contributed by atoms with E-state index in [1.807, 2.05) is 76.2 Å². The van der Waals surface area contributed by atoms with E-state index in [0.717, 1.165) is 51.6 Å². The number of hydrogen-bond donors (Lipinski definition) is 3. The monoisotopic (exact) mass is 996 g/mol. The van der Waals surface area contributed by atoms with Crippen LogP contribution < -0.4 is 18.9 Å². The van der Waals surface area contributed by atoms with Crippen LogP contribution in [0.15, 0.2) is 72.8 Å². The van der Waals surface area contributed by atoms with Gasteiger partial charge >= 0.3 is 5.97 Å². The number of hydrogen-bond acceptors (Lipinski definition) is 15. The van der Waals surface area contributed by atoms with E-state index in [1.165, 1.54) is 23.1 Å². The van der Waals surface area contributed by atoms with Crippen LogP contribution in [0.2, 0.25) is 0 Å². The Balaban J connectivity index is 0.000000202. The minimum atomic E-state index is -3.83. The van der Waals surface area contributed by atoms with Gasteiger partial charge in [0, 0.05) is 34.3 Å². The maximum absolute atomic E-state index is 12.4. The molecule has 0 saturated carbocycles. The Bertz CT molecular complexity index is 3140. The fourth-order valence-electron chi connectivity index (χ4n) is 7.92. The molecule has 8 rings (SSSR count). The highest BCUT2D eigenvalue weighted by Gasteiger charge is 2.32. The van der Waals surface area contributed by atoms with E-state index in [4.69, 9.17) is 37.7 Å². The number of nitrogens with zero attached hydrogens (tertiary/aromatic N) is 6. The van der Waals surface area contributed by atoms with Crippen LogP contribution in [-0.4, -0.2) is 84.1 Å². The van der Waals surface area contributed by atoms with Crippen molar-refractivity contribution in [3.63, 3.8) is 0 Å². The van der Waals surface area contributed by atoms with Gasteiger partial charge in [-0.15, -0.1) is 0 Å². The van der Waals surface area contributed by atoms with E-state index in [-0.39, 0.29) is 24.0 Å². The molecule has 0 bridgehead atoms. The first-order valence-electron chi connectivity index (χ1n) is 21.5. The second-order valence-electron chi connectivity index (χ2n) is 16.3. The summed E-state index contributed by atoms with van der Waals surface area (Å²) in [6.45, 7) is 22.2. The third-order valence-corrected chi connectivity index (χ3v) is 14.9. The number of sulfonamides is 2. The lowest BCUT2D eigenvalue weighted by molar-refractivity contribution is -0.137. The predicted octanol–water partition coefficient (Wildman–Crippen LogP) is 8.40. The zero-order chi connectivity index (χ0) is 48.8. The fourth-order valence-corrected chi connectivity index (χ4v) is 11.5. The summed E-state index contributed by atoms with van der Waals surface area (Å²) in [6, 6.07) is 21.4. The number of carbonyl (C=O) groups is 1. The topological polar surface area (TPSA) is 218 Å². The van der Waals surface area contributed by atoms with Crippen molar-refractivity contribution in [3.05, 3.63) is 118 Å². The predicted molar refractivity (Wildman–Crippen MR) is 261 cm³/mol. The fraction of sp³-hybridized carbons (Fsp3) is 0.340. The van der Waals surface area contributed by atoms with Crippen molar-refractivity contribution in [3.8, 4) is 55.4 Å². The van der Waals surface area contributed by atoms with Crippen LogP contribution in [0.1, 0.15) is 74.9 Å². The van der Waals surface area contributed by atoms with Crippen molar-refractivity contribution in [1.82, 2.24) is 28.2 Å². The molecule has 354 valence electrons. The Morgan fingerprint density at radius 3 is 1.60 bits per heavy atom. The van der Waals surface area contributed by atoms with Crippen molar-refractivity contribution in [2.75, 3.05) is 25.2 Å².